The average molecular weight is 425 g/mol. The number of hydrogen-bond donors (Lipinski definition) is 2. The monoisotopic (exact) mass is 424 g/mol. The van der Waals surface area contributed by atoms with Crippen LogP contribution in [0.4, 0.5) is 0 Å². The van der Waals surface area contributed by atoms with E-state index in [0.717, 1.165) is 26.9 Å². The predicted molar refractivity (Wildman–Crippen MR) is 121 cm³/mol. The van der Waals surface area contributed by atoms with Gasteiger partial charge in [-0.05, 0) is 38.5 Å². The Kier molecular flexibility index (Phi) is 13.5. The highest BCUT2D eigenvalue weighted by Gasteiger charge is 2.17. The normalized spacial score (nSPS) is 20.3. The van der Waals surface area contributed by atoms with E-state index in [2.05, 4.69) is 19.8 Å². The number of hydrogen-bond acceptors (Lipinski definition) is 6. The summed E-state index contributed by atoms with van der Waals surface area (Å²) in [5.41, 5.74) is 0. The molecule has 0 aromatic rings. The van der Waals surface area contributed by atoms with Crippen LogP contribution in [0.1, 0.15) is 78.1 Å². The second-order valence-corrected chi connectivity index (χ2v) is 7.94. The number of carbonyl (C=O) groups is 2. The van der Waals surface area contributed by atoms with Crippen LogP contribution in [0.3, 0.4) is 0 Å². The van der Waals surface area contributed by atoms with Gasteiger partial charge in [-0.2, -0.15) is 0 Å². The van der Waals surface area contributed by atoms with Gasteiger partial charge in [0, 0.05) is 66.0 Å². The molecule has 4 rings (SSSR count). The molecule has 0 unspecified atom stereocenters. The van der Waals surface area contributed by atoms with Gasteiger partial charge >= 0.3 is 0 Å². The number of carboxylic acid groups (broad SMARTS) is 2. The van der Waals surface area contributed by atoms with Crippen LogP contribution in [-0.2, 0) is 9.59 Å². The van der Waals surface area contributed by atoms with Gasteiger partial charge in [-0.15, -0.1) is 0 Å². The number of amidine groups is 2. The SMILES string of the molecule is C1CCC2=NCCCN2CC1.C1CCC2=NCCCN2CC1.CC(=O)O.CC(=O)O. The quantitative estimate of drug-likeness (QED) is 0.616. The molecular weight excluding hydrogens is 384 g/mol. The summed E-state index contributed by atoms with van der Waals surface area (Å²) < 4.78 is 0. The van der Waals surface area contributed by atoms with Gasteiger partial charge < -0.3 is 20.0 Å². The summed E-state index contributed by atoms with van der Waals surface area (Å²) in [7, 11) is 0. The number of rotatable bonds is 0. The second kappa shape index (κ2) is 15.7. The van der Waals surface area contributed by atoms with Crippen molar-refractivity contribution in [1.29, 1.82) is 0 Å². The van der Waals surface area contributed by atoms with Crippen molar-refractivity contribution in [2.24, 2.45) is 9.98 Å². The Balaban J connectivity index is 0.000000224. The number of aliphatic imine (C=N–C) groups is 2. The standard InChI is InChI=1S/2C9H16N2.2C2H4O2/c2*1-2-5-9-10-6-4-8-11(9)7-3-1;2*1-2(3)4/h2*1-8H2;2*1H3,(H,3,4). The van der Waals surface area contributed by atoms with E-state index in [-0.39, 0.29) is 0 Å². The van der Waals surface area contributed by atoms with E-state index in [1.807, 2.05) is 0 Å². The van der Waals surface area contributed by atoms with Crippen molar-refractivity contribution < 1.29 is 19.8 Å². The van der Waals surface area contributed by atoms with Crippen molar-refractivity contribution in [2.75, 3.05) is 39.3 Å². The topological polar surface area (TPSA) is 106 Å². The highest BCUT2D eigenvalue weighted by molar-refractivity contribution is 5.83. The Labute approximate surface area is 181 Å². The minimum atomic E-state index is -0.833. The summed E-state index contributed by atoms with van der Waals surface area (Å²) in [5.74, 6) is 1.13. The third kappa shape index (κ3) is 12.4. The van der Waals surface area contributed by atoms with Crippen LogP contribution in [-0.4, -0.2) is 82.9 Å². The van der Waals surface area contributed by atoms with Crippen LogP contribution in [0.2, 0.25) is 0 Å². The second-order valence-electron chi connectivity index (χ2n) is 7.94. The number of fused-ring (bicyclic) bond motifs is 2. The summed E-state index contributed by atoms with van der Waals surface area (Å²) in [6, 6.07) is 0. The molecule has 0 aliphatic carbocycles. The van der Waals surface area contributed by atoms with Crippen LogP contribution in [0.25, 0.3) is 0 Å². The van der Waals surface area contributed by atoms with E-state index in [1.165, 1.54) is 102 Å². The van der Waals surface area contributed by atoms with E-state index >= 15 is 0 Å². The van der Waals surface area contributed by atoms with Crippen molar-refractivity contribution in [3.05, 3.63) is 0 Å². The molecule has 2 fully saturated rings. The average Bonchev–Trinajstić information content (AvgIpc) is 3.08. The first kappa shape index (κ1) is 25.9. The van der Waals surface area contributed by atoms with E-state index in [0.29, 0.717) is 0 Å². The third-order valence-corrected chi connectivity index (χ3v) is 5.15. The Morgan fingerprint density at radius 1 is 0.633 bits per heavy atom. The van der Waals surface area contributed by atoms with Crippen LogP contribution < -0.4 is 0 Å². The summed E-state index contributed by atoms with van der Waals surface area (Å²) in [6.07, 6.45) is 13.3. The van der Waals surface area contributed by atoms with Crippen LogP contribution in [0.15, 0.2) is 9.98 Å². The fraction of sp³-hybridized carbons (Fsp3) is 0.818. The van der Waals surface area contributed by atoms with E-state index < -0.39 is 11.9 Å². The Hall–Kier alpha value is -2.12. The van der Waals surface area contributed by atoms with Crippen LogP contribution in [0.5, 0.6) is 0 Å². The predicted octanol–water partition coefficient (Wildman–Crippen LogP) is 3.51. The third-order valence-electron chi connectivity index (χ3n) is 5.15. The lowest BCUT2D eigenvalue weighted by Crippen LogP contribution is -2.34. The molecule has 0 atom stereocenters. The molecule has 4 aliphatic rings. The lowest BCUT2D eigenvalue weighted by atomic mass is 10.2. The number of nitrogens with zero attached hydrogens (tertiary/aromatic N) is 4. The fourth-order valence-electron chi connectivity index (χ4n) is 3.88. The van der Waals surface area contributed by atoms with Crippen molar-refractivity contribution in [2.45, 2.75) is 78.1 Å². The molecule has 30 heavy (non-hydrogen) atoms. The fourth-order valence-corrected chi connectivity index (χ4v) is 3.88. The molecule has 8 heteroatoms. The van der Waals surface area contributed by atoms with E-state index in [9.17, 15) is 0 Å². The molecule has 8 nitrogen and oxygen atoms in total. The zero-order valence-corrected chi connectivity index (χ0v) is 18.8. The van der Waals surface area contributed by atoms with Crippen molar-refractivity contribution in [3.8, 4) is 0 Å². The molecule has 2 saturated heterocycles. The van der Waals surface area contributed by atoms with Crippen molar-refractivity contribution in [1.82, 2.24) is 9.80 Å². The first-order chi connectivity index (χ1) is 14.4. The highest BCUT2D eigenvalue weighted by atomic mass is 16.4. The molecule has 2 N–H and O–H groups in total. The summed E-state index contributed by atoms with van der Waals surface area (Å²) in [5, 5.41) is 14.8. The van der Waals surface area contributed by atoms with Gasteiger partial charge in [0.1, 0.15) is 0 Å². The van der Waals surface area contributed by atoms with Gasteiger partial charge in [-0.25, -0.2) is 0 Å². The smallest absolute Gasteiger partial charge is 0.300 e. The lowest BCUT2D eigenvalue weighted by molar-refractivity contribution is -0.135. The minimum absolute atomic E-state index is 0.833. The molecule has 0 aromatic heterocycles. The Bertz CT molecular complexity index is 519. The largest absolute Gasteiger partial charge is 0.481 e. The summed E-state index contributed by atoms with van der Waals surface area (Å²) in [6.45, 7) is 9.37. The van der Waals surface area contributed by atoms with Gasteiger partial charge in [0.15, 0.2) is 0 Å². The molecule has 4 heterocycles. The van der Waals surface area contributed by atoms with Crippen LogP contribution in [0, 0.1) is 0 Å². The van der Waals surface area contributed by atoms with Crippen molar-refractivity contribution >= 4 is 23.6 Å². The van der Waals surface area contributed by atoms with Crippen LogP contribution >= 0.6 is 0 Å². The molecule has 0 saturated carbocycles. The molecule has 0 aromatic carbocycles. The van der Waals surface area contributed by atoms with Gasteiger partial charge in [0.2, 0.25) is 0 Å². The number of aliphatic carboxylic acids is 2. The zero-order chi connectivity index (χ0) is 22.2. The van der Waals surface area contributed by atoms with Gasteiger partial charge in [-0.1, -0.05) is 12.8 Å². The van der Waals surface area contributed by atoms with Gasteiger partial charge in [0.25, 0.3) is 11.9 Å². The summed E-state index contributed by atoms with van der Waals surface area (Å²) in [4.78, 5) is 32.1. The molecule has 0 spiro atoms. The number of carboxylic acids is 2. The molecule has 0 amide bonds. The van der Waals surface area contributed by atoms with E-state index in [4.69, 9.17) is 19.8 Å². The minimum Gasteiger partial charge on any atom is -0.481 e. The molecule has 4 aliphatic heterocycles. The maximum atomic E-state index is 9.00. The molecule has 0 radical (unpaired) electrons. The molecule has 0 bridgehead atoms. The van der Waals surface area contributed by atoms with Crippen molar-refractivity contribution in [3.63, 3.8) is 0 Å². The first-order valence-electron chi connectivity index (χ1n) is 11.4. The Morgan fingerprint density at radius 3 is 1.33 bits per heavy atom. The molecule has 172 valence electrons. The van der Waals surface area contributed by atoms with E-state index in [1.54, 1.807) is 0 Å². The molecular formula is C22H40N4O4. The van der Waals surface area contributed by atoms with Gasteiger partial charge in [0.05, 0.1) is 11.7 Å². The Morgan fingerprint density at radius 2 is 0.967 bits per heavy atom. The zero-order valence-electron chi connectivity index (χ0n) is 18.8. The first-order valence-corrected chi connectivity index (χ1v) is 11.4. The van der Waals surface area contributed by atoms with Gasteiger partial charge in [-0.3, -0.25) is 19.6 Å². The maximum Gasteiger partial charge on any atom is 0.300 e. The maximum absolute atomic E-state index is 9.00. The lowest BCUT2D eigenvalue weighted by Gasteiger charge is -2.27. The highest BCUT2D eigenvalue weighted by Crippen LogP contribution is 2.16. The summed E-state index contributed by atoms with van der Waals surface area (Å²) >= 11 is 0.